The lowest BCUT2D eigenvalue weighted by Crippen LogP contribution is -3.15. The van der Waals surface area contributed by atoms with Crippen LogP contribution in [0.4, 0.5) is 0 Å². The van der Waals surface area contributed by atoms with Gasteiger partial charge in [-0.25, -0.2) is 8.42 Å². The van der Waals surface area contributed by atoms with E-state index >= 15 is 0 Å². The van der Waals surface area contributed by atoms with Crippen molar-refractivity contribution >= 4 is 15.9 Å². The second-order valence-electron chi connectivity index (χ2n) is 7.82. The van der Waals surface area contributed by atoms with Crippen LogP contribution in [-0.2, 0) is 14.8 Å². The van der Waals surface area contributed by atoms with Gasteiger partial charge in [0.2, 0.25) is 10.0 Å². The average Bonchev–Trinajstić information content (AvgIpc) is 2.73. The molecule has 1 N–H and O–H groups in total. The van der Waals surface area contributed by atoms with E-state index in [4.69, 9.17) is 4.74 Å². The van der Waals surface area contributed by atoms with E-state index in [1.165, 1.54) is 4.31 Å². The van der Waals surface area contributed by atoms with Crippen LogP contribution in [-0.4, -0.2) is 75.4 Å². The molecule has 1 aromatic rings. The number of hydrogen-bond donors (Lipinski definition) is 1. The number of sulfonamides is 1. The minimum Gasteiger partial charge on any atom is -0.497 e. The van der Waals surface area contributed by atoms with Crippen LogP contribution in [0.5, 0.6) is 5.75 Å². The summed E-state index contributed by atoms with van der Waals surface area (Å²) in [5.74, 6) is 0.791. The molecule has 2 rings (SSSR count). The Balaban J connectivity index is 1.97. The van der Waals surface area contributed by atoms with Crippen LogP contribution in [0.2, 0.25) is 0 Å². The largest absolute Gasteiger partial charge is 0.497 e. The third-order valence-corrected chi connectivity index (χ3v) is 7.86. The number of carbonyl (C=O) groups is 1. The van der Waals surface area contributed by atoms with Gasteiger partial charge in [0.25, 0.3) is 5.91 Å². The first-order valence-electron chi connectivity index (χ1n) is 10.5. The summed E-state index contributed by atoms with van der Waals surface area (Å²) in [6.45, 7) is 10.9. The molecule has 1 aliphatic rings. The monoisotopic (exact) mass is 426 g/mol. The van der Waals surface area contributed by atoms with Gasteiger partial charge in [0.05, 0.1) is 38.2 Å². The lowest BCUT2D eigenvalue weighted by molar-refractivity contribution is -0.896. The van der Waals surface area contributed by atoms with Crippen LogP contribution in [0, 0.1) is 0 Å². The minimum absolute atomic E-state index is 0.162. The summed E-state index contributed by atoms with van der Waals surface area (Å²) in [4.78, 5) is 16.4. The number of methoxy groups -OCH3 is 1. The highest BCUT2D eigenvalue weighted by atomic mass is 32.2. The maximum Gasteiger partial charge on any atom is 0.278 e. The molecule has 0 radical (unpaired) electrons. The number of quaternary nitrogens is 1. The zero-order valence-corrected chi connectivity index (χ0v) is 19.2. The summed E-state index contributed by atoms with van der Waals surface area (Å²) >= 11 is 0. The number of benzene rings is 1. The van der Waals surface area contributed by atoms with Gasteiger partial charge in [-0.1, -0.05) is 13.8 Å². The maximum atomic E-state index is 12.9. The first-order chi connectivity index (χ1) is 13.7. The number of nitrogens with one attached hydrogen (secondary N) is 1. The molecule has 1 fully saturated rings. The molecule has 0 saturated carbocycles. The van der Waals surface area contributed by atoms with Gasteiger partial charge >= 0.3 is 0 Å². The molecular weight excluding hydrogens is 390 g/mol. The SMILES string of the molecule is CC[C@@H](C)N(C(=O)C[NH+]1CCN(S(=O)(=O)c2ccc(OC)cc2)CC1)[C@H](C)CC. The van der Waals surface area contributed by atoms with Crippen LogP contribution in [0.15, 0.2) is 29.2 Å². The van der Waals surface area contributed by atoms with Crippen LogP contribution >= 0.6 is 0 Å². The van der Waals surface area contributed by atoms with E-state index in [-0.39, 0.29) is 22.9 Å². The van der Waals surface area contributed by atoms with Gasteiger partial charge in [0, 0.05) is 12.1 Å². The number of ether oxygens (including phenoxy) is 1. The highest BCUT2D eigenvalue weighted by molar-refractivity contribution is 7.89. The Hall–Kier alpha value is -1.64. The average molecular weight is 427 g/mol. The first-order valence-corrected chi connectivity index (χ1v) is 12.0. The van der Waals surface area contributed by atoms with E-state index in [2.05, 4.69) is 27.7 Å². The maximum absolute atomic E-state index is 12.9. The molecule has 1 amide bonds. The highest BCUT2D eigenvalue weighted by Gasteiger charge is 2.33. The van der Waals surface area contributed by atoms with Gasteiger partial charge in [-0.2, -0.15) is 4.31 Å². The summed E-state index contributed by atoms with van der Waals surface area (Å²) < 4.78 is 32.4. The van der Waals surface area contributed by atoms with Crippen LogP contribution in [0.3, 0.4) is 0 Å². The molecule has 8 heteroatoms. The highest BCUT2D eigenvalue weighted by Crippen LogP contribution is 2.19. The smallest absolute Gasteiger partial charge is 0.278 e. The van der Waals surface area contributed by atoms with E-state index in [0.717, 1.165) is 17.7 Å². The van der Waals surface area contributed by atoms with Crippen molar-refractivity contribution in [1.29, 1.82) is 0 Å². The molecule has 29 heavy (non-hydrogen) atoms. The number of carbonyl (C=O) groups excluding carboxylic acids is 1. The van der Waals surface area contributed by atoms with Crippen molar-refractivity contribution in [2.45, 2.75) is 57.5 Å². The number of piperazine rings is 1. The summed E-state index contributed by atoms with van der Waals surface area (Å²) in [7, 11) is -1.97. The Morgan fingerprint density at radius 3 is 2.07 bits per heavy atom. The topological polar surface area (TPSA) is 71.4 Å². The minimum atomic E-state index is -3.52. The van der Waals surface area contributed by atoms with Gasteiger partial charge in [0.15, 0.2) is 6.54 Å². The third-order valence-electron chi connectivity index (χ3n) is 5.95. The molecular formula is C21H36N3O4S+. The summed E-state index contributed by atoms with van der Waals surface area (Å²) in [5.41, 5.74) is 0. The molecule has 1 heterocycles. The molecule has 0 aromatic heterocycles. The van der Waals surface area contributed by atoms with Crippen molar-refractivity contribution in [3.05, 3.63) is 24.3 Å². The van der Waals surface area contributed by atoms with Gasteiger partial charge in [0.1, 0.15) is 5.75 Å². The van der Waals surface area contributed by atoms with Gasteiger partial charge < -0.3 is 14.5 Å². The Morgan fingerprint density at radius 2 is 1.62 bits per heavy atom. The van der Waals surface area contributed by atoms with Gasteiger partial charge in [-0.3, -0.25) is 4.79 Å². The molecule has 2 atom stereocenters. The fourth-order valence-electron chi connectivity index (χ4n) is 3.74. The normalized spacial score (nSPS) is 18.2. The molecule has 7 nitrogen and oxygen atoms in total. The summed E-state index contributed by atoms with van der Waals surface area (Å²) in [5, 5.41) is 0. The predicted molar refractivity (Wildman–Crippen MR) is 114 cm³/mol. The van der Waals surface area contributed by atoms with E-state index in [1.54, 1.807) is 31.4 Å². The van der Waals surface area contributed by atoms with Crippen LogP contribution < -0.4 is 9.64 Å². The molecule has 164 valence electrons. The summed E-state index contributed by atoms with van der Waals surface area (Å²) in [6, 6.07) is 6.90. The van der Waals surface area contributed by atoms with Crippen molar-refractivity contribution in [1.82, 2.24) is 9.21 Å². The van der Waals surface area contributed by atoms with Crippen molar-refractivity contribution in [2.24, 2.45) is 0 Å². The lowest BCUT2D eigenvalue weighted by atomic mass is 10.1. The van der Waals surface area contributed by atoms with Crippen molar-refractivity contribution in [3.8, 4) is 5.75 Å². The fraction of sp³-hybridized carbons (Fsp3) is 0.667. The zero-order chi connectivity index (χ0) is 21.6. The zero-order valence-electron chi connectivity index (χ0n) is 18.3. The molecule has 0 unspecified atom stereocenters. The second-order valence-corrected chi connectivity index (χ2v) is 9.76. The number of rotatable bonds is 9. The van der Waals surface area contributed by atoms with E-state index in [0.29, 0.717) is 38.5 Å². The Bertz CT molecular complexity index is 749. The van der Waals surface area contributed by atoms with Crippen molar-refractivity contribution in [2.75, 3.05) is 39.8 Å². The number of amides is 1. The first kappa shape index (κ1) is 23.6. The number of nitrogens with zero attached hydrogens (tertiary/aromatic N) is 2. The second kappa shape index (κ2) is 10.4. The van der Waals surface area contributed by atoms with Gasteiger partial charge in [-0.05, 0) is 51.0 Å². The Labute approximate surface area is 175 Å². The molecule has 0 spiro atoms. The van der Waals surface area contributed by atoms with E-state index in [1.807, 2.05) is 4.90 Å². The van der Waals surface area contributed by atoms with Crippen molar-refractivity contribution < 1.29 is 22.8 Å². The summed E-state index contributed by atoms with van der Waals surface area (Å²) in [6.07, 6.45) is 1.86. The fourth-order valence-corrected chi connectivity index (χ4v) is 5.18. The molecule has 0 bridgehead atoms. The van der Waals surface area contributed by atoms with Crippen LogP contribution in [0.1, 0.15) is 40.5 Å². The molecule has 1 aliphatic heterocycles. The van der Waals surface area contributed by atoms with E-state index < -0.39 is 10.0 Å². The quantitative estimate of drug-likeness (QED) is 0.640. The predicted octanol–water partition coefficient (Wildman–Crippen LogP) is 1.01. The Morgan fingerprint density at radius 1 is 1.10 bits per heavy atom. The van der Waals surface area contributed by atoms with Crippen LogP contribution in [0.25, 0.3) is 0 Å². The lowest BCUT2D eigenvalue weighted by Gasteiger charge is -2.36. The Kier molecular flexibility index (Phi) is 8.48. The number of hydrogen-bond acceptors (Lipinski definition) is 4. The standard InChI is InChI=1S/C21H35N3O4S/c1-6-17(3)24(18(4)7-2)21(25)16-22-12-14-23(15-13-22)29(26,27)20-10-8-19(28-5)9-11-20/h8-11,17-18H,6-7,12-16H2,1-5H3/p+1/t17-,18-/m1/s1. The molecule has 1 saturated heterocycles. The van der Waals surface area contributed by atoms with Gasteiger partial charge in [-0.15, -0.1) is 0 Å². The van der Waals surface area contributed by atoms with E-state index in [9.17, 15) is 13.2 Å². The molecule has 0 aliphatic carbocycles. The third kappa shape index (κ3) is 5.71. The molecule has 1 aromatic carbocycles. The van der Waals surface area contributed by atoms with Crippen molar-refractivity contribution in [3.63, 3.8) is 0 Å².